The fourth-order valence-electron chi connectivity index (χ4n) is 6.34. The highest BCUT2D eigenvalue weighted by Crippen LogP contribution is 2.33. The number of ether oxygens (including phenoxy) is 1. The van der Waals surface area contributed by atoms with Crippen molar-refractivity contribution in [1.29, 1.82) is 0 Å². The normalized spacial score (nSPS) is 18.3. The first-order valence-corrected chi connectivity index (χ1v) is 14.5. The Balaban J connectivity index is 1.48. The van der Waals surface area contributed by atoms with Crippen molar-refractivity contribution in [3.05, 3.63) is 44.9 Å². The number of amides is 1. The molecule has 3 aromatic rings. The van der Waals surface area contributed by atoms with Crippen molar-refractivity contribution >= 4 is 23.0 Å². The van der Waals surface area contributed by atoms with E-state index in [1.165, 1.54) is 40.9 Å². The van der Waals surface area contributed by atoms with Crippen LogP contribution in [0.4, 0.5) is 10.6 Å². The highest BCUT2D eigenvalue weighted by Gasteiger charge is 2.30. The lowest BCUT2D eigenvalue weighted by Crippen LogP contribution is -2.43. The van der Waals surface area contributed by atoms with Crippen LogP contribution in [-0.4, -0.2) is 67.7 Å². The molecule has 2 N–H and O–H groups in total. The first-order valence-electron chi connectivity index (χ1n) is 14.5. The first kappa shape index (κ1) is 25.9. The number of aromatic nitrogens is 4. The number of nitrogens with zero attached hydrogens (tertiary/aromatic N) is 6. The van der Waals surface area contributed by atoms with Gasteiger partial charge >= 0.3 is 17.7 Å². The number of fused-ring (bicyclic) bond motifs is 5. The van der Waals surface area contributed by atoms with Crippen LogP contribution in [-0.2, 0) is 25.9 Å². The van der Waals surface area contributed by atoms with Gasteiger partial charge in [-0.1, -0.05) is 25.5 Å². The number of nitrogen functional groups attached to an aromatic ring is 1. The quantitative estimate of drug-likeness (QED) is 0.548. The summed E-state index contributed by atoms with van der Waals surface area (Å²) in [5.74, 6) is 0.0680. The number of rotatable bonds is 3. The smallest absolute Gasteiger partial charge is 0.339 e. The molecule has 10 nitrogen and oxygen atoms in total. The number of imidazole rings is 1. The van der Waals surface area contributed by atoms with Gasteiger partial charge in [0.05, 0.1) is 13.2 Å². The van der Waals surface area contributed by atoms with Gasteiger partial charge in [-0.25, -0.2) is 14.2 Å². The molecule has 208 valence electrons. The topological polar surface area (TPSA) is 112 Å². The molecular weight excluding hydrogens is 494 g/mol. The van der Waals surface area contributed by atoms with Gasteiger partial charge in [0.15, 0.2) is 11.5 Å². The molecule has 10 heteroatoms. The zero-order valence-corrected chi connectivity index (χ0v) is 23.1. The van der Waals surface area contributed by atoms with Crippen LogP contribution in [0.5, 0.6) is 6.01 Å². The molecule has 0 radical (unpaired) electrons. The SMILES string of the molecule is CCCN(C)C(=O)n1c(=O)n2c3nc(nc(N)c31)OCCCCCc1cc(cc3c1CCN(C1CCC1)C3)C2. The highest BCUT2D eigenvalue weighted by molar-refractivity contribution is 5.93. The zero-order chi connectivity index (χ0) is 27.1. The number of hydrogen-bond donors (Lipinski definition) is 1. The minimum atomic E-state index is -0.460. The lowest BCUT2D eigenvalue weighted by molar-refractivity contribution is 0.113. The molecule has 4 bridgehead atoms. The van der Waals surface area contributed by atoms with Crippen molar-refractivity contribution in [2.75, 3.05) is 32.5 Å². The van der Waals surface area contributed by atoms with Crippen LogP contribution >= 0.6 is 0 Å². The summed E-state index contributed by atoms with van der Waals surface area (Å²) in [6.07, 6.45) is 9.79. The van der Waals surface area contributed by atoms with Crippen LogP contribution in [0.3, 0.4) is 0 Å². The number of carbonyl (C=O) groups excluding carboxylic acids is 1. The van der Waals surface area contributed by atoms with Crippen molar-refractivity contribution in [3.8, 4) is 6.01 Å². The monoisotopic (exact) mass is 533 g/mol. The Hall–Kier alpha value is -3.40. The maximum absolute atomic E-state index is 13.9. The summed E-state index contributed by atoms with van der Waals surface area (Å²) in [4.78, 5) is 40.4. The predicted octanol–water partition coefficient (Wildman–Crippen LogP) is 3.55. The Morgan fingerprint density at radius 1 is 1.10 bits per heavy atom. The molecule has 1 aromatic carbocycles. The van der Waals surface area contributed by atoms with Gasteiger partial charge in [-0.05, 0) is 73.6 Å². The number of anilines is 1. The summed E-state index contributed by atoms with van der Waals surface area (Å²) in [7, 11) is 1.69. The van der Waals surface area contributed by atoms with Crippen LogP contribution in [0.1, 0.15) is 74.1 Å². The molecule has 1 fully saturated rings. The molecular formula is C29H39N7O3. The third kappa shape index (κ3) is 4.79. The van der Waals surface area contributed by atoms with Crippen LogP contribution < -0.4 is 16.2 Å². The van der Waals surface area contributed by atoms with Crippen molar-refractivity contribution < 1.29 is 9.53 Å². The molecule has 1 saturated carbocycles. The molecule has 4 heterocycles. The van der Waals surface area contributed by atoms with Gasteiger partial charge < -0.3 is 15.4 Å². The lowest BCUT2D eigenvalue weighted by atomic mass is 9.86. The van der Waals surface area contributed by atoms with E-state index in [4.69, 9.17) is 10.5 Å². The Bertz CT molecular complexity index is 1460. The second-order valence-electron chi connectivity index (χ2n) is 11.3. The molecule has 39 heavy (non-hydrogen) atoms. The number of carbonyl (C=O) groups is 1. The number of benzene rings is 1. The van der Waals surface area contributed by atoms with E-state index in [9.17, 15) is 9.59 Å². The van der Waals surface area contributed by atoms with E-state index in [0.717, 1.165) is 61.7 Å². The Labute approximate surface area is 228 Å². The van der Waals surface area contributed by atoms with Gasteiger partial charge in [0.2, 0.25) is 0 Å². The molecule has 0 spiro atoms. The summed E-state index contributed by atoms with van der Waals surface area (Å²) >= 11 is 0. The summed E-state index contributed by atoms with van der Waals surface area (Å²) < 4.78 is 8.53. The van der Waals surface area contributed by atoms with E-state index < -0.39 is 11.7 Å². The van der Waals surface area contributed by atoms with Crippen LogP contribution in [0.2, 0.25) is 0 Å². The molecule has 2 aromatic heterocycles. The maximum Gasteiger partial charge on any atom is 0.339 e. The zero-order valence-electron chi connectivity index (χ0n) is 23.1. The van der Waals surface area contributed by atoms with E-state index in [-0.39, 0.29) is 17.3 Å². The van der Waals surface area contributed by atoms with E-state index in [1.807, 2.05) is 6.92 Å². The lowest BCUT2D eigenvalue weighted by Gasteiger charge is -2.41. The van der Waals surface area contributed by atoms with Gasteiger partial charge in [0.25, 0.3) is 0 Å². The average molecular weight is 534 g/mol. The fraction of sp³-hybridized carbons (Fsp3) is 0.586. The first-order chi connectivity index (χ1) is 18.9. The average Bonchev–Trinajstić information content (AvgIpc) is 3.15. The molecule has 3 aliphatic rings. The van der Waals surface area contributed by atoms with Gasteiger partial charge in [-0.2, -0.15) is 9.97 Å². The summed E-state index contributed by atoms with van der Waals surface area (Å²) in [6, 6.07) is 4.94. The molecule has 0 saturated heterocycles. The largest absolute Gasteiger partial charge is 0.463 e. The minimum absolute atomic E-state index is 0.0680. The van der Waals surface area contributed by atoms with Gasteiger partial charge in [0.1, 0.15) is 5.52 Å². The standard InChI is InChI=1S/C29H39N7O3/c1-3-12-33(2)28(37)36-24-25(30)31-27-32-26(24)35(29(36)38)17-19-15-20(8-5-4-6-14-39-27)23-11-13-34(18-21(23)16-19)22-9-7-10-22/h15-16,22H,3-14,17-18H2,1-2H3,(H2,30,31,32). The van der Waals surface area contributed by atoms with Crippen molar-refractivity contribution in [2.24, 2.45) is 0 Å². The molecule has 0 atom stereocenters. The molecule has 1 aliphatic carbocycles. The van der Waals surface area contributed by atoms with E-state index in [0.29, 0.717) is 31.4 Å². The third-order valence-corrected chi connectivity index (χ3v) is 8.62. The summed E-state index contributed by atoms with van der Waals surface area (Å²) in [5.41, 5.74) is 11.8. The highest BCUT2D eigenvalue weighted by atomic mass is 16.5. The van der Waals surface area contributed by atoms with Crippen LogP contribution in [0, 0.1) is 0 Å². The number of hydrogen-bond acceptors (Lipinski definition) is 7. The van der Waals surface area contributed by atoms with Gasteiger partial charge in [-0.15, -0.1) is 0 Å². The van der Waals surface area contributed by atoms with E-state index in [1.54, 1.807) is 11.6 Å². The molecule has 6 rings (SSSR count). The van der Waals surface area contributed by atoms with Crippen LogP contribution in [0.25, 0.3) is 11.2 Å². The Morgan fingerprint density at radius 3 is 2.69 bits per heavy atom. The van der Waals surface area contributed by atoms with E-state index in [2.05, 4.69) is 27.0 Å². The van der Waals surface area contributed by atoms with Crippen molar-refractivity contribution in [2.45, 2.75) is 83.8 Å². The second kappa shape index (κ2) is 10.6. The fourth-order valence-corrected chi connectivity index (χ4v) is 6.34. The van der Waals surface area contributed by atoms with Gasteiger partial charge in [-0.3, -0.25) is 9.47 Å². The van der Waals surface area contributed by atoms with E-state index >= 15 is 0 Å². The third-order valence-electron chi connectivity index (χ3n) is 8.62. The predicted molar refractivity (Wildman–Crippen MR) is 150 cm³/mol. The van der Waals surface area contributed by atoms with Gasteiger partial charge in [0, 0.05) is 32.7 Å². The summed E-state index contributed by atoms with van der Waals surface area (Å²) in [5, 5.41) is 0. The van der Waals surface area contributed by atoms with Crippen molar-refractivity contribution in [1.82, 2.24) is 28.9 Å². The second-order valence-corrected chi connectivity index (χ2v) is 11.3. The molecule has 0 unspecified atom stereocenters. The molecule has 1 amide bonds. The summed E-state index contributed by atoms with van der Waals surface area (Å²) in [6.45, 7) is 5.37. The Morgan fingerprint density at radius 2 is 1.92 bits per heavy atom. The number of nitrogens with two attached hydrogens (primary N) is 1. The van der Waals surface area contributed by atoms with Crippen molar-refractivity contribution in [3.63, 3.8) is 0 Å². The maximum atomic E-state index is 13.9. The number of aryl methyl sites for hydroxylation is 1. The minimum Gasteiger partial charge on any atom is -0.463 e. The van der Waals surface area contributed by atoms with Crippen LogP contribution in [0.15, 0.2) is 16.9 Å². The molecule has 2 aliphatic heterocycles. The Kier molecular flexibility index (Phi) is 7.05.